The highest BCUT2D eigenvalue weighted by Gasteiger charge is 2.32. The zero-order valence-electron chi connectivity index (χ0n) is 22.0. The van der Waals surface area contributed by atoms with Crippen molar-refractivity contribution in [3.63, 3.8) is 0 Å². The zero-order valence-corrected chi connectivity index (χ0v) is 23.6. The van der Waals surface area contributed by atoms with Gasteiger partial charge in [-0.05, 0) is 55.3 Å². The molecule has 1 unspecified atom stereocenters. The minimum Gasteiger partial charge on any atom is -0.490 e. The number of nitrogens with zero attached hydrogens (tertiary/aromatic N) is 1. The molecule has 0 saturated heterocycles. The molecule has 8 nitrogen and oxygen atoms in total. The normalized spacial score (nSPS) is 14.0. The highest BCUT2D eigenvalue weighted by molar-refractivity contribution is 6.35. The molecule has 0 fully saturated rings. The van der Waals surface area contributed by atoms with Gasteiger partial charge in [-0.2, -0.15) is 5.26 Å². The first kappa shape index (κ1) is 28.9. The van der Waals surface area contributed by atoms with E-state index in [4.69, 9.17) is 52.6 Å². The number of rotatable bonds is 11. The Morgan fingerprint density at radius 3 is 2.52 bits per heavy atom. The van der Waals surface area contributed by atoms with Crippen molar-refractivity contribution in [1.29, 1.82) is 5.26 Å². The van der Waals surface area contributed by atoms with Crippen LogP contribution in [-0.2, 0) is 4.79 Å². The molecule has 4 rings (SSSR count). The van der Waals surface area contributed by atoms with Crippen LogP contribution in [0.1, 0.15) is 43.7 Å². The van der Waals surface area contributed by atoms with Crippen LogP contribution in [0.4, 0.5) is 0 Å². The smallest absolute Gasteiger partial charge is 0.349 e. The molecule has 10 heteroatoms. The van der Waals surface area contributed by atoms with Gasteiger partial charge in [-0.3, -0.25) is 0 Å². The van der Waals surface area contributed by atoms with Crippen molar-refractivity contribution in [3.05, 3.63) is 87.2 Å². The summed E-state index contributed by atoms with van der Waals surface area (Å²) in [7, 11) is 0. The molecule has 0 spiro atoms. The summed E-state index contributed by atoms with van der Waals surface area (Å²) < 4.78 is 28.4. The third kappa shape index (κ3) is 6.74. The molecule has 1 heterocycles. The van der Waals surface area contributed by atoms with Crippen molar-refractivity contribution in [2.24, 2.45) is 5.73 Å². The van der Waals surface area contributed by atoms with Crippen LogP contribution in [0.15, 0.2) is 66.1 Å². The Morgan fingerprint density at radius 2 is 1.80 bits per heavy atom. The number of carbonyl (C=O) groups is 1. The van der Waals surface area contributed by atoms with Gasteiger partial charge in [0.15, 0.2) is 18.1 Å². The molecule has 40 heavy (non-hydrogen) atoms. The van der Waals surface area contributed by atoms with E-state index >= 15 is 0 Å². The molecular weight excluding hydrogens is 555 g/mol. The van der Waals surface area contributed by atoms with Gasteiger partial charge < -0.3 is 29.4 Å². The molecule has 1 atom stereocenters. The lowest BCUT2D eigenvalue weighted by Crippen LogP contribution is -2.22. The first-order chi connectivity index (χ1) is 19.3. The van der Waals surface area contributed by atoms with Crippen LogP contribution in [-0.4, -0.2) is 25.8 Å². The second-order valence-corrected chi connectivity index (χ2v) is 9.65. The topological polar surface area (TPSA) is 113 Å². The summed E-state index contributed by atoms with van der Waals surface area (Å²) in [5.41, 5.74) is 7.86. The van der Waals surface area contributed by atoms with Gasteiger partial charge in [0.25, 0.3) is 0 Å². The molecule has 3 aromatic rings. The van der Waals surface area contributed by atoms with Gasteiger partial charge in [0, 0.05) is 16.7 Å². The highest BCUT2D eigenvalue weighted by Crippen LogP contribution is 2.45. The maximum absolute atomic E-state index is 12.4. The quantitative estimate of drug-likeness (QED) is 0.149. The molecule has 208 valence electrons. The lowest BCUT2D eigenvalue weighted by Gasteiger charge is -2.27. The van der Waals surface area contributed by atoms with E-state index in [1.807, 2.05) is 25.1 Å². The first-order valence-electron chi connectivity index (χ1n) is 12.7. The van der Waals surface area contributed by atoms with Gasteiger partial charge in [-0.1, -0.05) is 48.7 Å². The van der Waals surface area contributed by atoms with E-state index < -0.39 is 11.9 Å². The maximum atomic E-state index is 12.4. The van der Waals surface area contributed by atoms with Gasteiger partial charge in [0.05, 0.1) is 24.2 Å². The summed E-state index contributed by atoms with van der Waals surface area (Å²) in [6, 6.07) is 17.3. The Balaban J connectivity index is 1.57. The fourth-order valence-electron chi connectivity index (χ4n) is 4.15. The van der Waals surface area contributed by atoms with Crippen LogP contribution in [0.2, 0.25) is 10.0 Å². The van der Waals surface area contributed by atoms with Crippen molar-refractivity contribution in [2.75, 3.05) is 19.8 Å². The van der Waals surface area contributed by atoms with Crippen LogP contribution in [0, 0.1) is 11.3 Å². The fraction of sp³-hybridized carbons (Fsp3) is 0.267. The highest BCUT2D eigenvalue weighted by atomic mass is 35.5. The van der Waals surface area contributed by atoms with Crippen LogP contribution in [0.5, 0.6) is 28.7 Å². The number of allylic oxidation sites excluding steroid dienone is 1. The summed E-state index contributed by atoms with van der Waals surface area (Å²) >= 11 is 12.0. The third-order valence-corrected chi connectivity index (χ3v) is 6.55. The number of hydrogen-bond acceptors (Lipinski definition) is 8. The Hall–Kier alpha value is -4.06. The lowest BCUT2D eigenvalue weighted by atomic mass is 9.83. The average Bonchev–Trinajstić information content (AvgIpc) is 2.93. The van der Waals surface area contributed by atoms with Gasteiger partial charge >= 0.3 is 5.97 Å². The minimum atomic E-state index is -0.653. The van der Waals surface area contributed by atoms with Gasteiger partial charge in [-0.25, -0.2) is 4.79 Å². The Morgan fingerprint density at radius 1 is 1.00 bits per heavy atom. The van der Waals surface area contributed by atoms with Gasteiger partial charge in [-0.15, -0.1) is 0 Å². The van der Waals surface area contributed by atoms with Crippen molar-refractivity contribution < 1.29 is 28.5 Å². The number of benzene rings is 3. The number of nitriles is 1. The second-order valence-electron chi connectivity index (χ2n) is 8.80. The Labute approximate surface area is 242 Å². The molecule has 3 aromatic carbocycles. The van der Waals surface area contributed by atoms with E-state index in [0.717, 1.165) is 18.4 Å². The van der Waals surface area contributed by atoms with E-state index in [-0.39, 0.29) is 28.8 Å². The molecular formula is C30H28Cl2N2O6. The van der Waals surface area contributed by atoms with Crippen molar-refractivity contribution in [1.82, 2.24) is 0 Å². The summed E-state index contributed by atoms with van der Waals surface area (Å²) in [4.78, 5) is 12.4. The number of halogens is 2. The van der Waals surface area contributed by atoms with Crippen LogP contribution >= 0.6 is 23.2 Å². The Kier molecular flexibility index (Phi) is 9.65. The van der Waals surface area contributed by atoms with Crippen molar-refractivity contribution in [2.45, 2.75) is 32.6 Å². The predicted octanol–water partition coefficient (Wildman–Crippen LogP) is 6.77. The number of hydrogen-bond donors (Lipinski definition) is 1. The van der Waals surface area contributed by atoms with Crippen LogP contribution in [0.3, 0.4) is 0 Å². The fourth-order valence-corrected chi connectivity index (χ4v) is 4.61. The van der Waals surface area contributed by atoms with Crippen LogP contribution in [0.25, 0.3) is 0 Å². The summed E-state index contributed by atoms with van der Waals surface area (Å²) in [5.74, 6) is 0.862. The van der Waals surface area contributed by atoms with Gasteiger partial charge in [0.1, 0.15) is 28.9 Å². The standard InChI is InChI=1S/C30H28Cl2N2O6/c1-3-5-12-37-25-10-6-18(13-27(25)36-4-2)29-21-9-8-20(15-26(21)40-30(34)22(29)16-33)39-28(35)17-38-24-11-7-19(31)14-23(24)32/h6-11,13-15,29H,3-5,12,17,34H2,1-2H3. The van der Waals surface area contributed by atoms with Crippen LogP contribution < -0.4 is 29.4 Å². The number of nitrogens with two attached hydrogens (primary N) is 1. The molecule has 0 bridgehead atoms. The van der Waals surface area contributed by atoms with E-state index in [9.17, 15) is 10.1 Å². The molecule has 1 aliphatic heterocycles. The van der Waals surface area contributed by atoms with E-state index in [1.54, 1.807) is 30.3 Å². The van der Waals surface area contributed by atoms with E-state index in [1.165, 1.54) is 6.07 Å². The summed E-state index contributed by atoms with van der Waals surface area (Å²) in [6.45, 7) is 4.63. The van der Waals surface area contributed by atoms with Crippen molar-refractivity contribution >= 4 is 29.2 Å². The number of unbranched alkanes of at least 4 members (excludes halogenated alkanes) is 1. The second kappa shape index (κ2) is 13.3. The van der Waals surface area contributed by atoms with Crippen molar-refractivity contribution in [3.8, 4) is 34.8 Å². The summed E-state index contributed by atoms with van der Waals surface area (Å²) in [5, 5.41) is 10.7. The molecule has 0 radical (unpaired) electrons. The monoisotopic (exact) mass is 582 g/mol. The number of fused-ring (bicyclic) bond motifs is 1. The zero-order chi connectivity index (χ0) is 28.6. The molecule has 2 N–H and O–H groups in total. The molecule has 0 saturated carbocycles. The Bertz CT molecular complexity index is 1470. The van der Waals surface area contributed by atoms with Gasteiger partial charge in [0.2, 0.25) is 5.88 Å². The molecule has 0 amide bonds. The average molecular weight is 583 g/mol. The number of esters is 1. The third-order valence-electron chi connectivity index (χ3n) is 6.02. The predicted molar refractivity (Wildman–Crippen MR) is 151 cm³/mol. The lowest BCUT2D eigenvalue weighted by molar-refractivity contribution is -0.136. The largest absolute Gasteiger partial charge is 0.490 e. The molecule has 1 aliphatic rings. The van der Waals surface area contributed by atoms with E-state index in [0.29, 0.717) is 46.8 Å². The number of ether oxygens (including phenoxy) is 5. The number of carbonyl (C=O) groups excluding carboxylic acids is 1. The first-order valence-corrected chi connectivity index (χ1v) is 13.5. The summed E-state index contributed by atoms with van der Waals surface area (Å²) in [6.07, 6.45) is 1.93. The molecule has 0 aromatic heterocycles. The maximum Gasteiger partial charge on any atom is 0.349 e. The van der Waals surface area contributed by atoms with E-state index in [2.05, 4.69) is 13.0 Å². The minimum absolute atomic E-state index is 0.0366. The molecule has 0 aliphatic carbocycles. The SMILES string of the molecule is CCCCOc1ccc(C2C(C#N)=C(N)Oc3cc(OC(=O)COc4ccc(Cl)cc4Cl)ccc32)cc1OCC.